The van der Waals surface area contributed by atoms with Gasteiger partial charge < -0.3 is 19.1 Å². The lowest BCUT2D eigenvalue weighted by atomic mass is 9.88. The molecule has 1 aromatic carbocycles. The Morgan fingerprint density at radius 2 is 1.79 bits per heavy atom. The van der Waals surface area contributed by atoms with Crippen LogP contribution in [0.15, 0.2) is 24.3 Å². The molecule has 3 aliphatic rings. The molecule has 0 N–H and O–H groups in total. The van der Waals surface area contributed by atoms with E-state index in [1.54, 1.807) is 24.0 Å². The van der Waals surface area contributed by atoms with Gasteiger partial charge in [0, 0.05) is 32.4 Å². The number of carbonyl (C=O) groups is 2. The molecule has 1 atom stereocenters. The molecule has 0 aliphatic carbocycles. The molecule has 2 saturated heterocycles. The van der Waals surface area contributed by atoms with E-state index in [2.05, 4.69) is 0 Å². The summed E-state index contributed by atoms with van der Waals surface area (Å²) >= 11 is 0. The molecule has 0 unspecified atom stereocenters. The van der Waals surface area contributed by atoms with Gasteiger partial charge in [0.05, 0.1) is 18.8 Å². The Bertz CT molecular complexity index is 672. The first-order valence-corrected chi connectivity index (χ1v) is 8.40. The van der Waals surface area contributed by atoms with Gasteiger partial charge in [-0.2, -0.15) is 0 Å². The number of rotatable bonds is 1. The molecular weight excluding hydrogens is 310 g/mol. The van der Waals surface area contributed by atoms with E-state index >= 15 is 0 Å². The number of fused-ring (bicyclic) bond motifs is 1. The third-order valence-corrected chi connectivity index (χ3v) is 5.16. The number of hydrogen-bond acceptors (Lipinski definition) is 5. The predicted octanol–water partition coefficient (Wildman–Crippen LogP) is 1.52. The van der Waals surface area contributed by atoms with Gasteiger partial charge in [-0.3, -0.25) is 4.79 Å². The number of likely N-dealkylation sites (tertiary alicyclic amines) is 1. The minimum absolute atomic E-state index is 0.141. The number of amides is 1. The third kappa shape index (κ3) is 2.50. The summed E-state index contributed by atoms with van der Waals surface area (Å²) < 4.78 is 16.9. The highest BCUT2D eigenvalue weighted by atomic mass is 16.7. The Morgan fingerprint density at radius 1 is 1.12 bits per heavy atom. The van der Waals surface area contributed by atoms with Crippen LogP contribution in [0.3, 0.4) is 0 Å². The maximum absolute atomic E-state index is 13.0. The fourth-order valence-electron chi connectivity index (χ4n) is 3.82. The standard InChI is InChI=1S/C18H21NO5/c1-17(12-13-4-2-3-5-14(13)15(20)24-17)16(21)19-8-6-18(7-9-19)22-10-11-23-18/h2-5H,6-12H2,1H3/t17-/m0/s1. The second kappa shape index (κ2) is 5.57. The smallest absolute Gasteiger partial charge is 0.339 e. The van der Waals surface area contributed by atoms with Gasteiger partial charge in [0.1, 0.15) is 0 Å². The van der Waals surface area contributed by atoms with Crippen molar-refractivity contribution in [1.29, 1.82) is 0 Å². The van der Waals surface area contributed by atoms with Gasteiger partial charge in [-0.1, -0.05) is 18.2 Å². The van der Waals surface area contributed by atoms with Crippen LogP contribution >= 0.6 is 0 Å². The minimum Gasteiger partial charge on any atom is -0.445 e. The number of ether oxygens (including phenoxy) is 3. The molecule has 2 fully saturated rings. The monoisotopic (exact) mass is 331 g/mol. The third-order valence-electron chi connectivity index (χ3n) is 5.16. The van der Waals surface area contributed by atoms with Crippen molar-refractivity contribution in [3.63, 3.8) is 0 Å². The molecular formula is C18H21NO5. The number of carbonyl (C=O) groups excluding carboxylic acids is 2. The molecule has 24 heavy (non-hydrogen) atoms. The van der Waals surface area contributed by atoms with Gasteiger partial charge in [0.2, 0.25) is 0 Å². The zero-order valence-corrected chi connectivity index (χ0v) is 13.7. The van der Waals surface area contributed by atoms with Crippen molar-refractivity contribution < 1.29 is 23.8 Å². The van der Waals surface area contributed by atoms with Crippen molar-refractivity contribution >= 4 is 11.9 Å². The lowest BCUT2D eigenvalue weighted by Gasteiger charge is -2.42. The van der Waals surface area contributed by atoms with Crippen molar-refractivity contribution in [3.8, 4) is 0 Å². The van der Waals surface area contributed by atoms with Crippen molar-refractivity contribution in [1.82, 2.24) is 4.90 Å². The largest absolute Gasteiger partial charge is 0.445 e. The molecule has 1 amide bonds. The average molecular weight is 331 g/mol. The summed E-state index contributed by atoms with van der Waals surface area (Å²) in [5, 5.41) is 0. The van der Waals surface area contributed by atoms with Crippen LogP contribution in [-0.4, -0.2) is 54.5 Å². The summed E-state index contributed by atoms with van der Waals surface area (Å²) in [6.45, 7) is 4.03. The summed E-state index contributed by atoms with van der Waals surface area (Å²) in [5.74, 6) is -1.09. The Hall–Kier alpha value is -1.92. The molecule has 3 heterocycles. The van der Waals surface area contributed by atoms with Crippen LogP contribution in [0, 0.1) is 0 Å². The van der Waals surface area contributed by atoms with E-state index in [0.29, 0.717) is 51.1 Å². The summed E-state index contributed by atoms with van der Waals surface area (Å²) in [7, 11) is 0. The van der Waals surface area contributed by atoms with Crippen LogP contribution in [0.25, 0.3) is 0 Å². The zero-order chi connectivity index (χ0) is 16.8. The first-order valence-electron chi connectivity index (χ1n) is 8.40. The highest BCUT2D eigenvalue weighted by Crippen LogP contribution is 2.34. The molecule has 3 aliphatic heterocycles. The molecule has 4 rings (SSSR count). The number of hydrogen-bond donors (Lipinski definition) is 0. The Morgan fingerprint density at radius 3 is 2.50 bits per heavy atom. The number of benzene rings is 1. The summed E-state index contributed by atoms with van der Waals surface area (Å²) in [6, 6.07) is 7.30. The fraction of sp³-hybridized carbons (Fsp3) is 0.556. The molecule has 1 aromatic rings. The number of piperidine rings is 1. The van der Waals surface area contributed by atoms with Gasteiger partial charge in [-0.15, -0.1) is 0 Å². The molecule has 0 saturated carbocycles. The molecule has 0 bridgehead atoms. The highest BCUT2D eigenvalue weighted by Gasteiger charge is 2.48. The van der Waals surface area contributed by atoms with E-state index in [9.17, 15) is 9.59 Å². The summed E-state index contributed by atoms with van der Waals surface area (Å²) in [4.78, 5) is 27.0. The van der Waals surface area contributed by atoms with Gasteiger partial charge in [0.25, 0.3) is 5.91 Å². The Kier molecular flexibility index (Phi) is 3.62. The van der Waals surface area contributed by atoms with Crippen LogP contribution in [0.2, 0.25) is 0 Å². The van der Waals surface area contributed by atoms with Crippen LogP contribution < -0.4 is 0 Å². The molecule has 1 spiro atoms. The van der Waals surface area contributed by atoms with E-state index in [-0.39, 0.29) is 5.91 Å². The number of esters is 1. The van der Waals surface area contributed by atoms with Crippen molar-refractivity contribution in [2.75, 3.05) is 26.3 Å². The topological polar surface area (TPSA) is 65.1 Å². The summed E-state index contributed by atoms with van der Waals surface area (Å²) in [5.41, 5.74) is 0.265. The first kappa shape index (κ1) is 15.6. The quantitative estimate of drug-likeness (QED) is 0.730. The SMILES string of the molecule is C[C@@]1(C(=O)N2CCC3(CC2)OCCO3)Cc2ccccc2C(=O)O1. The second-order valence-corrected chi connectivity index (χ2v) is 6.85. The van der Waals surface area contributed by atoms with E-state index in [1.807, 2.05) is 12.1 Å². The molecule has 0 aromatic heterocycles. The van der Waals surface area contributed by atoms with Crippen molar-refractivity contribution in [3.05, 3.63) is 35.4 Å². The van der Waals surface area contributed by atoms with Gasteiger partial charge in [-0.05, 0) is 18.6 Å². The van der Waals surface area contributed by atoms with Gasteiger partial charge in [0.15, 0.2) is 11.4 Å². The lowest BCUT2D eigenvalue weighted by molar-refractivity contribution is -0.192. The number of cyclic esters (lactones) is 1. The second-order valence-electron chi connectivity index (χ2n) is 6.85. The lowest BCUT2D eigenvalue weighted by Crippen LogP contribution is -2.57. The molecule has 128 valence electrons. The van der Waals surface area contributed by atoms with Crippen LogP contribution in [0.5, 0.6) is 0 Å². The van der Waals surface area contributed by atoms with Gasteiger partial charge in [-0.25, -0.2) is 4.79 Å². The maximum atomic E-state index is 13.0. The average Bonchev–Trinajstić information content (AvgIpc) is 3.03. The maximum Gasteiger partial charge on any atom is 0.339 e. The van der Waals surface area contributed by atoms with Crippen LogP contribution in [0.4, 0.5) is 0 Å². The van der Waals surface area contributed by atoms with E-state index in [0.717, 1.165) is 5.56 Å². The van der Waals surface area contributed by atoms with E-state index in [4.69, 9.17) is 14.2 Å². The van der Waals surface area contributed by atoms with Crippen molar-refractivity contribution in [2.45, 2.75) is 37.6 Å². The van der Waals surface area contributed by atoms with Gasteiger partial charge >= 0.3 is 5.97 Å². The molecule has 0 radical (unpaired) electrons. The predicted molar refractivity (Wildman–Crippen MR) is 84.4 cm³/mol. The Labute approximate surface area is 140 Å². The normalized spacial score (nSPS) is 28.5. The van der Waals surface area contributed by atoms with Crippen LogP contribution in [0.1, 0.15) is 35.7 Å². The molecule has 6 nitrogen and oxygen atoms in total. The fourth-order valence-corrected chi connectivity index (χ4v) is 3.82. The number of nitrogens with zero attached hydrogens (tertiary/aromatic N) is 1. The zero-order valence-electron chi connectivity index (χ0n) is 13.7. The van der Waals surface area contributed by atoms with E-state index < -0.39 is 17.4 Å². The van der Waals surface area contributed by atoms with E-state index in [1.165, 1.54) is 0 Å². The van der Waals surface area contributed by atoms with Crippen molar-refractivity contribution in [2.24, 2.45) is 0 Å². The first-order chi connectivity index (χ1) is 11.5. The highest BCUT2D eigenvalue weighted by molar-refractivity contribution is 5.97. The van der Waals surface area contributed by atoms with Crippen LogP contribution in [-0.2, 0) is 25.4 Å². The molecule has 6 heteroatoms. The Balaban J connectivity index is 1.50. The minimum atomic E-state index is -1.15. The summed E-state index contributed by atoms with van der Waals surface area (Å²) in [6.07, 6.45) is 1.71.